The van der Waals surface area contributed by atoms with Crippen molar-refractivity contribution in [3.8, 4) is 11.5 Å². The molecule has 0 heterocycles. The molecule has 2 aromatic rings. The van der Waals surface area contributed by atoms with Gasteiger partial charge in [0.15, 0.2) is 9.84 Å². The van der Waals surface area contributed by atoms with Gasteiger partial charge in [0, 0.05) is 16.8 Å². The molecule has 7 heteroatoms. The molecule has 0 aliphatic rings. The van der Waals surface area contributed by atoms with Gasteiger partial charge in [0.25, 0.3) is 5.24 Å². The van der Waals surface area contributed by atoms with Crippen molar-refractivity contribution in [3.63, 3.8) is 0 Å². The van der Waals surface area contributed by atoms with Gasteiger partial charge in [-0.2, -0.15) is 0 Å². The van der Waals surface area contributed by atoms with Crippen LogP contribution in [0, 0.1) is 6.92 Å². The fourth-order valence-electron chi connectivity index (χ4n) is 1.90. The summed E-state index contributed by atoms with van der Waals surface area (Å²) in [6.45, 7) is 1.65. The third kappa shape index (κ3) is 3.80. The zero-order valence-electron chi connectivity index (χ0n) is 11.8. The first-order valence-electron chi connectivity index (χ1n) is 6.16. The van der Waals surface area contributed by atoms with E-state index in [1.54, 1.807) is 31.2 Å². The van der Waals surface area contributed by atoms with Crippen LogP contribution in [0.4, 0.5) is 0 Å². The molecule has 0 aliphatic carbocycles. The SMILES string of the molecule is Cc1cc(Oc2cccc(Cl)c2)c(S(C)(=O)=O)cc1C(=O)Cl. The largest absolute Gasteiger partial charge is 0.456 e. The van der Waals surface area contributed by atoms with Gasteiger partial charge in [-0.25, -0.2) is 8.42 Å². The molecule has 0 amide bonds. The van der Waals surface area contributed by atoms with Gasteiger partial charge in [-0.3, -0.25) is 4.79 Å². The highest BCUT2D eigenvalue weighted by atomic mass is 35.5. The second-order valence-corrected chi connectivity index (χ2v) is 7.48. The van der Waals surface area contributed by atoms with Gasteiger partial charge in [-0.1, -0.05) is 17.7 Å². The Morgan fingerprint density at radius 3 is 2.41 bits per heavy atom. The average Bonchev–Trinajstić information content (AvgIpc) is 2.36. The topological polar surface area (TPSA) is 60.4 Å². The molecule has 0 fully saturated rings. The number of aryl methyl sites for hydroxylation is 1. The summed E-state index contributed by atoms with van der Waals surface area (Å²) in [6.07, 6.45) is 1.03. The van der Waals surface area contributed by atoms with E-state index in [-0.39, 0.29) is 16.2 Å². The van der Waals surface area contributed by atoms with Gasteiger partial charge in [0.2, 0.25) is 0 Å². The Labute approximate surface area is 138 Å². The molecule has 0 radical (unpaired) electrons. The number of hydrogen-bond acceptors (Lipinski definition) is 4. The van der Waals surface area contributed by atoms with Crippen molar-refractivity contribution >= 4 is 38.3 Å². The zero-order chi connectivity index (χ0) is 16.5. The summed E-state index contributed by atoms with van der Waals surface area (Å²) >= 11 is 11.4. The quantitative estimate of drug-likeness (QED) is 0.767. The van der Waals surface area contributed by atoms with Gasteiger partial charge in [-0.05, 0) is 54.4 Å². The first-order chi connectivity index (χ1) is 10.2. The summed E-state index contributed by atoms with van der Waals surface area (Å²) in [7, 11) is -3.61. The van der Waals surface area contributed by atoms with Crippen LogP contribution < -0.4 is 4.74 Å². The van der Waals surface area contributed by atoms with Crippen LogP contribution in [0.1, 0.15) is 15.9 Å². The lowest BCUT2D eigenvalue weighted by molar-refractivity contribution is 0.108. The number of carbonyl (C=O) groups excluding carboxylic acids is 1. The van der Waals surface area contributed by atoms with E-state index in [0.29, 0.717) is 16.3 Å². The Kier molecular flexibility index (Phi) is 4.80. The van der Waals surface area contributed by atoms with Crippen LogP contribution in [0.3, 0.4) is 0 Å². The lowest BCUT2D eigenvalue weighted by Gasteiger charge is -2.13. The maximum atomic E-state index is 11.9. The molecule has 0 saturated carbocycles. The molecular formula is C15H12Cl2O4S. The maximum absolute atomic E-state index is 11.9. The number of hydrogen-bond donors (Lipinski definition) is 0. The summed E-state index contributed by atoms with van der Waals surface area (Å²) in [4.78, 5) is 11.3. The first kappa shape index (κ1) is 16.8. The predicted molar refractivity (Wildman–Crippen MR) is 86.0 cm³/mol. The van der Waals surface area contributed by atoms with Crippen molar-refractivity contribution in [1.82, 2.24) is 0 Å². The van der Waals surface area contributed by atoms with E-state index >= 15 is 0 Å². The Bertz CT molecular complexity index is 845. The lowest BCUT2D eigenvalue weighted by atomic mass is 10.1. The molecule has 22 heavy (non-hydrogen) atoms. The van der Waals surface area contributed by atoms with Gasteiger partial charge in [0.1, 0.15) is 16.4 Å². The Balaban J connectivity index is 2.59. The summed E-state index contributed by atoms with van der Waals surface area (Å²) in [6, 6.07) is 9.25. The molecule has 0 aliphatic heterocycles. The van der Waals surface area contributed by atoms with Crippen LogP contribution in [-0.2, 0) is 9.84 Å². The van der Waals surface area contributed by atoms with Crippen LogP contribution in [0.25, 0.3) is 0 Å². The second kappa shape index (κ2) is 6.28. The number of sulfone groups is 1. The minimum absolute atomic E-state index is 0.109. The van der Waals surface area contributed by atoms with Crippen molar-refractivity contribution < 1.29 is 17.9 Å². The van der Waals surface area contributed by atoms with E-state index in [0.717, 1.165) is 6.26 Å². The summed E-state index contributed by atoms with van der Waals surface area (Å²) in [5.74, 6) is 0.505. The van der Waals surface area contributed by atoms with Gasteiger partial charge in [-0.15, -0.1) is 0 Å². The Morgan fingerprint density at radius 2 is 1.86 bits per heavy atom. The van der Waals surface area contributed by atoms with Crippen molar-refractivity contribution in [2.45, 2.75) is 11.8 Å². The predicted octanol–water partition coefficient (Wildman–Crippen LogP) is 4.22. The molecule has 0 unspecified atom stereocenters. The number of carbonyl (C=O) groups is 1. The van der Waals surface area contributed by atoms with Crippen molar-refractivity contribution in [1.29, 1.82) is 0 Å². The van der Waals surface area contributed by atoms with E-state index in [9.17, 15) is 13.2 Å². The molecule has 4 nitrogen and oxygen atoms in total. The van der Waals surface area contributed by atoms with Crippen LogP contribution in [0.2, 0.25) is 5.02 Å². The average molecular weight is 359 g/mol. The molecule has 2 aromatic carbocycles. The number of benzene rings is 2. The first-order valence-corrected chi connectivity index (χ1v) is 8.81. The molecule has 0 atom stereocenters. The summed E-state index contributed by atoms with van der Waals surface area (Å²) < 4.78 is 29.5. The number of rotatable bonds is 4. The fourth-order valence-corrected chi connectivity index (χ4v) is 3.08. The molecule has 116 valence electrons. The van der Waals surface area contributed by atoms with Crippen LogP contribution in [0.5, 0.6) is 11.5 Å². The minimum atomic E-state index is -3.61. The van der Waals surface area contributed by atoms with Crippen molar-refractivity contribution in [3.05, 3.63) is 52.5 Å². The van der Waals surface area contributed by atoms with Gasteiger partial charge in [0.05, 0.1) is 0 Å². The molecule has 0 bridgehead atoms. The highest BCUT2D eigenvalue weighted by Crippen LogP contribution is 2.33. The van der Waals surface area contributed by atoms with Gasteiger partial charge < -0.3 is 4.74 Å². The van der Waals surface area contributed by atoms with Crippen molar-refractivity contribution in [2.24, 2.45) is 0 Å². The third-order valence-electron chi connectivity index (χ3n) is 2.93. The summed E-state index contributed by atoms with van der Waals surface area (Å²) in [5.41, 5.74) is 0.643. The number of halogens is 2. The Hall–Kier alpha value is -1.56. The smallest absolute Gasteiger partial charge is 0.252 e. The van der Waals surface area contributed by atoms with E-state index < -0.39 is 15.1 Å². The molecular weight excluding hydrogens is 347 g/mol. The number of ether oxygens (including phenoxy) is 1. The molecule has 0 aromatic heterocycles. The maximum Gasteiger partial charge on any atom is 0.252 e. The van der Waals surface area contributed by atoms with E-state index in [1.165, 1.54) is 12.1 Å². The summed E-state index contributed by atoms with van der Waals surface area (Å²) in [5, 5.41) is -0.264. The van der Waals surface area contributed by atoms with E-state index in [2.05, 4.69) is 0 Å². The standard InChI is InChI=1S/C15H12Cl2O4S/c1-9-6-13(21-11-5-3-4-10(16)7-11)14(22(2,19)20)8-12(9)15(17)18/h3-8H,1-2H3. The van der Waals surface area contributed by atoms with Crippen LogP contribution in [0.15, 0.2) is 41.3 Å². The highest BCUT2D eigenvalue weighted by molar-refractivity contribution is 7.90. The van der Waals surface area contributed by atoms with Crippen LogP contribution in [-0.4, -0.2) is 19.9 Å². The van der Waals surface area contributed by atoms with Crippen LogP contribution >= 0.6 is 23.2 Å². The highest BCUT2D eigenvalue weighted by Gasteiger charge is 2.20. The van der Waals surface area contributed by atoms with E-state index in [1.807, 2.05) is 0 Å². The lowest BCUT2D eigenvalue weighted by Crippen LogP contribution is -2.04. The molecule has 2 rings (SSSR count). The molecule has 0 saturated heterocycles. The molecule has 0 N–H and O–H groups in total. The normalized spacial score (nSPS) is 11.3. The van der Waals surface area contributed by atoms with Gasteiger partial charge >= 0.3 is 0 Å². The molecule has 0 spiro atoms. The van der Waals surface area contributed by atoms with Crippen molar-refractivity contribution in [2.75, 3.05) is 6.26 Å². The minimum Gasteiger partial charge on any atom is -0.456 e. The monoisotopic (exact) mass is 358 g/mol. The fraction of sp³-hybridized carbons (Fsp3) is 0.133. The second-order valence-electron chi connectivity index (χ2n) is 4.72. The zero-order valence-corrected chi connectivity index (χ0v) is 14.1. The third-order valence-corrected chi connectivity index (χ3v) is 4.48. The Morgan fingerprint density at radius 1 is 1.18 bits per heavy atom. The van der Waals surface area contributed by atoms with E-state index in [4.69, 9.17) is 27.9 Å².